The summed E-state index contributed by atoms with van der Waals surface area (Å²) in [6.45, 7) is 6.33. The van der Waals surface area contributed by atoms with Crippen LogP contribution in [0, 0.1) is 5.92 Å². The molecule has 0 saturated heterocycles. The third-order valence-electron chi connectivity index (χ3n) is 2.31. The standard InChI is InChI=1S/C11H24N2O2/c1-9(2)8-13(4)7-6-10(12-3)11(14)15-5/h9-10,12H,6-8H2,1-5H3. The summed E-state index contributed by atoms with van der Waals surface area (Å²) in [5.41, 5.74) is 0. The van der Waals surface area contributed by atoms with Crippen molar-refractivity contribution >= 4 is 5.97 Å². The predicted octanol–water partition coefficient (Wildman–Crippen LogP) is 0.725. The number of methoxy groups -OCH3 is 1. The van der Waals surface area contributed by atoms with Crippen LogP contribution in [0.15, 0.2) is 0 Å². The summed E-state index contributed by atoms with van der Waals surface area (Å²) in [6.07, 6.45) is 0.784. The second-order valence-electron chi connectivity index (χ2n) is 4.31. The van der Waals surface area contributed by atoms with E-state index in [4.69, 9.17) is 4.74 Å². The maximum Gasteiger partial charge on any atom is 0.322 e. The van der Waals surface area contributed by atoms with E-state index in [0.717, 1.165) is 19.5 Å². The van der Waals surface area contributed by atoms with Crippen molar-refractivity contribution in [2.24, 2.45) is 5.92 Å². The Bertz CT molecular complexity index is 183. The summed E-state index contributed by atoms with van der Waals surface area (Å²) in [6, 6.07) is -0.190. The molecule has 0 rings (SSSR count). The maximum atomic E-state index is 11.3. The number of hydrogen-bond donors (Lipinski definition) is 1. The van der Waals surface area contributed by atoms with Gasteiger partial charge in [0, 0.05) is 6.54 Å². The molecule has 0 spiro atoms. The van der Waals surface area contributed by atoms with Crippen molar-refractivity contribution < 1.29 is 9.53 Å². The fourth-order valence-corrected chi connectivity index (χ4v) is 1.59. The topological polar surface area (TPSA) is 41.6 Å². The van der Waals surface area contributed by atoms with Crippen LogP contribution in [0.4, 0.5) is 0 Å². The lowest BCUT2D eigenvalue weighted by Crippen LogP contribution is -2.38. The molecule has 0 aliphatic heterocycles. The van der Waals surface area contributed by atoms with Gasteiger partial charge in [-0.1, -0.05) is 13.8 Å². The van der Waals surface area contributed by atoms with Gasteiger partial charge < -0.3 is 15.0 Å². The molecule has 1 unspecified atom stereocenters. The van der Waals surface area contributed by atoms with E-state index < -0.39 is 0 Å². The van der Waals surface area contributed by atoms with Crippen LogP contribution in [0.2, 0.25) is 0 Å². The zero-order valence-corrected chi connectivity index (χ0v) is 10.5. The molecule has 4 heteroatoms. The van der Waals surface area contributed by atoms with Crippen LogP contribution < -0.4 is 5.32 Å². The SMILES string of the molecule is CNC(CCN(C)CC(C)C)C(=O)OC. The highest BCUT2D eigenvalue weighted by atomic mass is 16.5. The molecule has 4 nitrogen and oxygen atoms in total. The summed E-state index contributed by atoms with van der Waals surface area (Å²) >= 11 is 0. The lowest BCUT2D eigenvalue weighted by atomic mass is 10.1. The Morgan fingerprint density at radius 2 is 2.07 bits per heavy atom. The zero-order valence-electron chi connectivity index (χ0n) is 10.5. The van der Waals surface area contributed by atoms with Crippen LogP contribution in [-0.2, 0) is 9.53 Å². The molecule has 0 aromatic heterocycles. The molecule has 0 aliphatic carbocycles. The van der Waals surface area contributed by atoms with E-state index in [1.54, 1.807) is 7.05 Å². The Kier molecular flexibility index (Phi) is 7.34. The third kappa shape index (κ3) is 6.47. The predicted molar refractivity (Wildman–Crippen MR) is 61.8 cm³/mol. The molecule has 1 N–H and O–H groups in total. The highest BCUT2D eigenvalue weighted by molar-refractivity contribution is 5.75. The highest BCUT2D eigenvalue weighted by Gasteiger charge is 2.17. The smallest absolute Gasteiger partial charge is 0.322 e. The van der Waals surface area contributed by atoms with Crippen molar-refractivity contribution in [2.75, 3.05) is 34.3 Å². The van der Waals surface area contributed by atoms with Crippen LogP contribution in [0.25, 0.3) is 0 Å². The molecule has 0 aromatic carbocycles. The number of likely N-dealkylation sites (N-methyl/N-ethyl adjacent to an activating group) is 1. The summed E-state index contributed by atoms with van der Waals surface area (Å²) in [4.78, 5) is 13.5. The van der Waals surface area contributed by atoms with Gasteiger partial charge in [0.2, 0.25) is 0 Å². The van der Waals surface area contributed by atoms with Gasteiger partial charge >= 0.3 is 5.97 Å². The van der Waals surface area contributed by atoms with E-state index in [9.17, 15) is 4.79 Å². The van der Waals surface area contributed by atoms with E-state index in [0.29, 0.717) is 5.92 Å². The molecular weight excluding hydrogens is 192 g/mol. The van der Waals surface area contributed by atoms with Crippen LogP contribution in [0.3, 0.4) is 0 Å². The van der Waals surface area contributed by atoms with Gasteiger partial charge in [-0.05, 0) is 33.0 Å². The first-order valence-corrected chi connectivity index (χ1v) is 5.44. The molecule has 1 atom stereocenters. The Balaban J connectivity index is 3.84. The number of esters is 1. The number of nitrogens with one attached hydrogen (secondary N) is 1. The van der Waals surface area contributed by atoms with Crippen LogP contribution in [-0.4, -0.2) is 51.2 Å². The molecule has 0 radical (unpaired) electrons. The number of carbonyl (C=O) groups is 1. The van der Waals surface area contributed by atoms with E-state index in [1.165, 1.54) is 7.11 Å². The monoisotopic (exact) mass is 216 g/mol. The molecule has 0 aliphatic rings. The van der Waals surface area contributed by atoms with E-state index in [-0.39, 0.29) is 12.0 Å². The van der Waals surface area contributed by atoms with Crippen molar-refractivity contribution in [2.45, 2.75) is 26.3 Å². The third-order valence-corrected chi connectivity index (χ3v) is 2.31. The Labute approximate surface area is 93.0 Å². The number of rotatable bonds is 7. The molecule has 0 heterocycles. The summed E-state index contributed by atoms with van der Waals surface area (Å²) < 4.78 is 4.70. The Morgan fingerprint density at radius 3 is 2.47 bits per heavy atom. The minimum Gasteiger partial charge on any atom is -0.468 e. The molecule has 0 bridgehead atoms. The first-order chi connectivity index (χ1) is 7.01. The van der Waals surface area contributed by atoms with Crippen molar-refractivity contribution in [3.63, 3.8) is 0 Å². The number of hydrogen-bond acceptors (Lipinski definition) is 4. The van der Waals surface area contributed by atoms with Crippen LogP contribution in [0.1, 0.15) is 20.3 Å². The van der Waals surface area contributed by atoms with Gasteiger partial charge in [0.1, 0.15) is 6.04 Å². The van der Waals surface area contributed by atoms with Crippen molar-refractivity contribution in [3.8, 4) is 0 Å². The fourth-order valence-electron chi connectivity index (χ4n) is 1.59. The first-order valence-electron chi connectivity index (χ1n) is 5.44. The number of carbonyl (C=O) groups excluding carboxylic acids is 1. The van der Waals surface area contributed by atoms with E-state index in [1.807, 2.05) is 0 Å². The average molecular weight is 216 g/mol. The fraction of sp³-hybridized carbons (Fsp3) is 0.909. The molecular formula is C11H24N2O2. The van der Waals surface area contributed by atoms with E-state index >= 15 is 0 Å². The Hall–Kier alpha value is -0.610. The second-order valence-corrected chi connectivity index (χ2v) is 4.31. The van der Waals surface area contributed by atoms with Gasteiger partial charge in [-0.2, -0.15) is 0 Å². The maximum absolute atomic E-state index is 11.3. The largest absolute Gasteiger partial charge is 0.468 e. The summed E-state index contributed by atoms with van der Waals surface area (Å²) in [5, 5.41) is 2.96. The molecule has 0 amide bonds. The first kappa shape index (κ1) is 14.4. The van der Waals surface area contributed by atoms with Gasteiger partial charge in [-0.15, -0.1) is 0 Å². The summed E-state index contributed by atoms with van der Waals surface area (Å²) in [5.74, 6) is 0.469. The van der Waals surface area contributed by atoms with Crippen molar-refractivity contribution in [3.05, 3.63) is 0 Å². The lowest BCUT2D eigenvalue weighted by Gasteiger charge is -2.21. The van der Waals surface area contributed by atoms with Gasteiger partial charge in [0.15, 0.2) is 0 Å². The minimum atomic E-state index is -0.190. The second kappa shape index (κ2) is 7.65. The van der Waals surface area contributed by atoms with E-state index in [2.05, 4.69) is 31.1 Å². The molecule has 0 aromatic rings. The van der Waals surface area contributed by atoms with Crippen molar-refractivity contribution in [1.82, 2.24) is 10.2 Å². The number of nitrogens with zero attached hydrogens (tertiary/aromatic N) is 1. The molecule has 15 heavy (non-hydrogen) atoms. The normalized spacial score (nSPS) is 13.3. The molecule has 0 fully saturated rings. The Morgan fingerprint density at radius 1 is 1.47 bits per heavy atom. The minimum absolute atomic E-state index is 0.185. The van der Waals surface area contributed by atoms with Crippen LogP contribution >= 0.6 is 0 Å². The average Bonchev–Trinajstić information content (AvgIpc) is 2.17. The molecule has 90 valence electrons. The van der Waals surface area contributed by atoms with Gasteiger partial charge in [0.25, 0.3) is 0 Å². The highest BCUT2D eigenvalue weighted by Crippen LogP contribution is 2.00. The van der Waals surface area contributed by atoms with Gasteiger partial charge in [0.05, 0.1) is 7.11 Å². The van der Waals surface area contributed by atoms with Crippen molar-refractivity contribution in [1.29, 1.82) is 0 Å². The summed E-state index contributed by atoms with van der Waals surface area (Å²) in [7, 11) is 5.28. The van der Waals surface area contributed by atoms with Crippen LogP contribution in [0.5, 0.6) is 0 Å². The van der Waals surface area contributed by atoms with Gasteiger partial charge in [-0.3, -0.25) is 4.79 Å². The molecule has 0 saturated carbocycles. The number of ether oxygens (including phenoxy) is 1. The zero-order chi connectivity index (χ0) is 11.8. The lowest BCUT2D eigenvalue weighted by molar-refractivity contribution is -0.143. The quantitative estimate of drug-likeness (QED) is 0.637. The van der Waals surface area contributed by atoms with Gasteiger partial charge in [-0.25, -0.2) is 0 Å².